The molecule has 2 aromatic rings. The number of fused-ring (bicyclic) bond motifs is 1. The van der Waals surface area contributed by atoms with E-state index in [1.807, 2.05) is 18.2 Å². The van der Waals surface area contributed by atoms with Crippen molar-refractivity contribution in [3.8, 4) is 0 Å². The molecule has 0 amide bonds. The Hall–Kier alpha value is -0.910. The van der Waals surface area contributed by atoms with Gasteiger partial charge in [-0.15, -0.1) is 0 Å². The average molecular weight is 286 g/mol. The van der Waals surface area contributed by atoms with E-state index in [1.165, 1.54) is 0 Å². The van der Waals surface area contributed by atoms with Crippen molar-refractivity contribution in [2.24, 2.45) is 0 Å². The minimum Gasteiger partial charge on any atom is -0.310 e. The molecule has 0 saturated carbocycles. The Balaban J connectivity index is 2.95. The van der Waals surface area contributed by atoms with E-state index in [-0.39, 0.29) is 5.56 Å². The summed E-state index contributed by atoms with van der Waals surface area (Å²) in [6.07, 6.45) is 0. The number of nitrogens with zero attached hydrogens (tertiary/aromatic N) is 1. The molecule has 0 spiro atoms. The van der Waals surface area contributed by atoms with Gasteiger partial charge in [-0.3, -0.25) is 4.79 Å². The Morgan fingerprint density at radius 3 is 3.00 bits per heavy atom. The van der Waals surface area contributed by atoms with E-state index in [2.05, 4.69) is 32.6 Å². The number of H-pyrrole nitrogens is 1. The number of benzene rings is 1. The zero-order valence-electron chi connectivity index (χ0n) is 6.97. The molecule has 0 radical (unpaired) electrons. The summed E-state index contributed by atoms with van der Waals surface area (Å²) in [5.74, 6) is 0.652. The second-order valence-corrected chi connectivity index (χ2v) is 4.06. The maximum absolute atomic E-state index is 11.5. The number of hydrogen-bond acceptors (Lipinski definition) is 2. The van der Waals surface area contributed by atoms with Crippen LogP contribution in [0.15, 0.2) is 23.0 Å². The van der Waals surface area contributed by atoms with Crippen LogP contribution in [0.5, 0.6) is 0 Å². The zero-order chi connectivity index (χ0) is 9.42. The normalized spacial score (nSPS) is 10.6. The van der Waals surface area contributed by atoms with Gasteiger partial charge in [0.05, 0.1) is 10.9 Å². The van der Waals surface area contributed by atoms with Gasteiger partial charge in [-0.2, -0.15) is 0 Å². The number of rotatable bonds is 0. The largest absolute Gasteiger partial charge is 0.310 e. The second-order valence-electron chi connectivity index (χ2n) is 2.81. The van der Waals surface area contributed by atoms with Crippen LogP contribution in [-0.4, -0.2) is 9.97 Å². The lowest BCUT2D eigenvalue weighted by Crippen LogP contribution is -2.09. The fourth-order valence-corrected chi connectivity index (χ4v) is 1.72. The lowest BCUT2D eigenvalue weighted by Gasteiger charge is -1.98. The predicted octanol–water partition coefficient (Wildman–Crippen LogP) is 1.84. The third-order valence-corrected chi connectivity index (χ3v) is 2.46. The molecule has 13 heavy (non-hydrogen) atoms. The van der Waals surface area contributed by atoms with Crippen LogP contribution >= 0.6 is 22.6 Å². The number of halogens is 1. The molecular formula is C9H7IN2O. The SMILES string of the molecule is Cc1nc2ccc(I)cc2c(=O)[nH]1. The Morgan fingerprint density at radius 2 is 2.23 bits per heavy atom. The number of aryl methyl sites for hydroxylation is 1. The van der Waals surface area contributed by atoms with Gasteiger partial charge in [0.2, 0.25) is 0 Å². The molecule has 0 aliphatic carbocycles. The van der Waals surface area contributed by atoms with Gasteiger partial charge in [0.25, 0.3) is 5.56 Å². The van der Waals surface area contributed by atoms with Crippen molar-refractivity contribution in [1.82, 2.24) is 9.97 Å². The molecule has 0 unspecified atom stereocenters. The average Bonchev–Trinajstić information content (AvgIpc) is 2.06. The van der Waals surface area contributed by atoms with Gasteiger partial charge in [0.15, 0.2) is 0 Å². The van der Waals surface area contributed by atoms with E-state index in [0.717, 1.165) is 9.09 Å². The monoisotopic (exact) mass is 286 g/mol. The van der Waals surface area contributed by atoms with Gasteiger partial charge >= 0.3 is 0 Å². The van der Waals surface area contributed by atoms with Crippen LogP contribution in [0.4, 0.5) is 0 Å². The lowest BCUT2D eigenvalue weighted by molar-refractivity contribution is 1.06. The number of aromatic nitrogens is 2. The minimum atomic E-state index is -0.0685. The fraction of sp³-hybridized carbons (Fsp3) is 0.111. The van der Waals surface area contributed by atoms with Gasteiger partial charge < -0.3 is 4.98 Å². The number of hydrogen-bond donors (Lipinski definition) is 1. The van der Waals surface area contributed by atoms with Crippen molar-refractivity contribution < 1.29 is 0 Å². The summed E-state index contributed by atoms with van der Waals surface area (Å²) in [6.45, 7) is 1.78. The second kappa shape index (κ2) is 3.10. The van der Waals surface area contributed by atoms with Crippen LogP contribution < -0.4 is 5.56 Å². The summed E-state index contributed by atoms with van der Waals surface area (Å²) in [4.78, 5) is 18.3. The Kier molecular flexibility index (Phi) is 2.07. The summed E-state index contributed by atoms with van der Waals surface area (Å²) in [6, 6.07) is 5.63. The van der Waals surface area contributed by atoms with Crippen LogP contribution in [0.1, 0.15) is 5.82 Å². The molecule has 66 valence electrons. The molecule has 1 aromatic heterocycles. The first-order chi connectivity index (χ1) is 6.16. The Bertz CT molecular complexity index is 518. The minimum absolute atomic E-state index is 0.0685. The van der Waals surface area contributed by atoms with Crippen LogP contribution in [0.3, 0.4) is 0 Å². The summed E-state index contributed by atoms with van der Waals surface area (Å²) in [7, 11) is 0. The Morgan fingerprint density at radius 1 is 1.46 bits per heavy atom. The van der Waals surface area contributed by atoms with Gasteiger partial charge in [0, 0.05) is 3.57 Å². The van der Waals surface area contributed by atoms with Crippen molar-refractivity contribution in [2.45, 2.75) is 6.92 Å². The molecular weight excluding hydrogens is 279 g/mol. The molecule has 2 rings (SSSR count). The highest BCUT2D eigenvalue weighted by molar-refractivity contribution is 14.1. The molecule has 1 aromatic carbocycles. The predicted molar refractivity (Wildman–Crippen MR) is 59.8 cm³/mol. The molecule has 1 N–H and O–H groups in total. The topological polar surface area (TPSA) is 45.8 Å². The van der Waals surface area contributed by atoms with Gasteiger partial charge in [-0.1, -0.05) is 0 Å². The highest BCUT2D eigenvalue weighted by Gasteiger charge is 2.00. The molecule has 3 nitrogen and oxygen atoms in total. The molecule has 0 bridgehead atoms. The fourth-order valence-electron chi connectivity index (χ4n) is 1.23. The van der Waals surface area contributed by atoms with Crippen molar-refractivity contribution in [3.63, 3.8) is 0 Å². The third kappa shape index (κ3) is 1.58. The van der Waals surface area contributed by atoms with Gasteiger partial charge in [-0.25, -0.2) is 4.98 Å². The van der Waals surface area contributed by atoms with Crippen LogP contribution in [0, 0.1) is 10.5 Å². The highest BCUT2D eigenvalue weighted by Crippen LogP contribution is 2.11. The van der Waals surface area contributed by atoms with E-state index in [9.17, 15) is 4.79 Å². The molecule has 0 aliphatic rings. The molecule has 0 saturated heterocycles. The van der Waals surface area contributed by atoms with Crippen LogP contribution in [-0.2, 0) is 0 Å². The summed E-state index contributed by atoms with van der Waals surface area (Å²) >= 11 is 2.17. The molecule has 0 aliphatic heterocycles. The summed E-state index contributed by atoms with van der Waals surface area (Å²) < 4.78 is 1.04. The maximum atomic E-state index is 11.5. The zero-order valence-corrected chi connectivity index (χ0v) is 9.12. The molecule has 0 atom stereocenters. The van der Waals surface area contributed by atoms with Crippen molar-refractivity contribution in [1.29, 1.82) is 0 Å². The number of aromatic amines is 1. The molecule has 0 fully saturated rings. The van der Waals surface area contributed by atoms with Crippen molar-refractivity contribution in [2.75, 3.05) is 0 Å². The number of nitrogens with one attached hydrogen (secondary N) is 1. The standard InChI is InChI=1S/C9H7IN2O/c1-5-11-8-3-2-6(10)4-7(8)9(13)12-5/h2-4H,1H3,(H,11,12,13). The van der Waals surface area contributed by atoms with Crippen molar-refractivity contribution in [3.05, 3.63) is 37.9 Å². The van der Waals surface area contributed by atoms with Crippen LogP contribution in [0.25, 0.3) is 10.9 Å². The van der Waals surface area contributed by atoms with Gasteiger partial charge in [0.1, 0.15) is 5.82 Å². The van der Waals surface area contributed by atoms with E-state index in [1.54, 1.807) is 6.92 Å². The first-order valence-electron chi connectivity index (χ1n) is 3.83. The summed E-state index contributed by atoms with van der Waals surface area (Å²) in [5, 5.41) is 0.650. The first-order valence-corrected chi connectivity index (χ1v) is 4.91. The third-order valence-electron chi connectivity index (χ3n) is 1.79. The quantitative estimate of drug-likeness (QED) is 0.751. The van der Waals surface area contributed by atoms with E-state index in [4.69, 9.17) is 0 Å². The van der Waals surface area contributed by atoms with Crippen molar-refractivity contribution >= 4 is 33.5 Å². The Labute approximate surface area is 88.3 Å². The van der Waals surface area contributed by atoms with E-state index >= 15 is 0 Å². The smallest absolute Gasteiger partial charge is 0.258 e. The maximum Gasteiger partial charge on any atom is 0.258 e. The van der Waals surface area contributed by atoms with E-state index in [0.29, 0.717) is 11.2 Å². The molecule has 4 heteroatoms. The van der Waals surface area contributed by atoms with Crippen LogP contribution in [0.2, 0.25) is 0 Å². The lowest BCUT2D eigenvalue weighted by atomic mass is 10.2. The molecule has 1 heterocycles. The van der Waals surface area contributed by atoms with Gasteiger partial charge in [-0.05, 0) is 47.7 Å². The summed E-state index contributed by atoms with van der Waals surface area (Å²) in [5.41, 5.74) is 0.683. The highest BCUT2D eigenvalue weighted by atomic mass is 127. The van der Waals surface area contributed by atoms with E-state index < -0.39 is 0 Å². The first kappa shape index (κ1) is 8.68.